The van der Waals surface area contributed by atoms with Crippen molar-refractivity contribution in [2.75, 3.05) is 12.4 Å². The van der Waals surface area contributed by atoms with Gasteiger partial charge in [0.05, 0.1) is 37.4 Å². The third kappa shape index (κ3) is 3.82. The highest BCUT2D eigenvalue weighted by molar-refractivity contribution is 6.07. The Labute approximate surface area is 172 Å². The van der Waals surface area contributed by atoms with Crippen LogP contribution in [0, 0.1) is 0 Å². The Kier molecular flexibility index (Phi) is 5.09. The van der Waals surface area contributed by atoms with Crippen LogP contribution in [0.2, 0.25) is 0 Å². The molecular weight excluding hydrogens is 386 g/mol. The molecule has 0 spiro atoms. The summed E-state index contributed by atoms with van der Waals surface area (Å²) >= 11 is 0. The van der Waals surface area contributed by atoms with Gasteiger partial charge in [-0.15, -0.1) is 0 Å². The largest absolute Gasteiger partial charge is 0.497 e. The van der Waals surface area contributed by atoms with Crippen molar-refractivity contribution in [2.45, 2.75) is 19.0 Å². The minimum Gasteiger partial charge on any atom is -0.497 e. The van der Waals surface area contributed by atoms with E-state index in [0.717, 1.165) is 21.5 Å². The summed E-state index contributed by atoms with van der Waals surface area (Å²) in [4.78, 5) is 42.7. The summed E-state index contributed by atoms with van der Waals surface area (Å²) in [6, 6.07) is 11.1. The summed E-state index contributed by atoms with van der Waals surface area (Å²) in [6.07, 6.45) is 1.55. The molecule has 1 aromatic heterocycles. The third-order valence-corrected chi connectivity index (χ3v) is 5.01. The van der Waals surface area contributed by atoms with Crippen LogP contribution in [0.5, 0.6) is 5.75 Å². The average Bonchev–Trinajstić information content (AvgIpc) is 3.22. The Balaban J connectivity index is 1.38. The van der Waals surface area contributed by atoms with E-state index in [0.29, 0.717) is 11.4 Å². The molecule has 1 aliphatic rings. The number of ether oxygens (including phenoxy) is 1. The van der Waals surface area contributed by atoms with Crippen LogP contribution in [0.15, 0.2) is 48.8 Å². The van der Waals surface area contributed by atoms with Crippen molar-refractivity contribution in [1.82, 2.24) is 19.8 Å². The Morgan fingerprint density at radius 3 is 2.70 bits per heavy atom. The summed E-state index contributed by atoms with van der Waals surface area (Å²) in [6.45, 7) is 0.128. The second-order valence-corrected chi connectivity index (χ2v) is 7.09. The number of fused-ring (bicyclic) bond motifs is 1. The monoisotopic (exact) mass is 407 g/mol. The van der Waals surface area contributed by atoms with Crippen molar-refractivity contribution in [3.63, 3.8) is 0 Å². The van der Waals surface area contributed by atoms with Gasteiger partial charge in [-0.3, -0.25) is 14.5 Å². The molecule has 2 N–H and O–H groups in total. The minimum atomic E-state index is -0.894. The van der Waals surface area contributed by atoms with E-state index in [-0.39, 0.29) is 18.9 Å². The number of imide groups is 1. The van der Waals surface area contributed by atoms with E-state index in [2.05, 4.69) is 15.6 Å². The maximum Gasteiger partial charge on any atom is 0.325 e. The predicted octanol–water partition coefficient (Wildman–Crippen LogP) is 2.03. The molecule has 0 radical (unpaired) electrons. The molecule has 9 heteroatoms. The van der Waals surface area contributed by atoms with E-state index in [1.165, 1.54) is 0 Å². The molecular formula is C21H21N5O4. The molecule has 1 aliphatic heterocycles. The van der Waals surface area contributed by atoms with Gasteiger partial charge in [0.15, 0.2) is 0 Å². The Bertz CT molecular complexity index is 1120. The number of aromatic nitrogens is 2. The van der Waals surface area contributed by atoms with Crippen molar-refractivity contribution in [1.29, 1.82) is 0 Å². The molecule has 1 fully saturated rings. The maximum absolute atomic E-state index is 12.6. The molecule has 4 amide bonds. The lowest BCUT2D eigenvalue weighted by Gasteiger charge is -2.13. The Morgan fingerprint density at radius 1 is 1.20 bits per heavy atom. The molecule has 0 bridgehead atoms. The van der Waals surface area contributed by atoms with Gasteiger partial charge in [0.25, 0.3) is 5.91 Å². The highest BCUT2D eigenvalue weighted by Crippen LogP contribution is 2.19. The fourth-order valence-corrected chi connectivity index (χ4v) is 3.39. The number of imidazole rings is 1. The summed E-state index contributed by atoms with van der Waals surface area (Å²) < 4.78 is 6.99. The highest BCUT2D eigenvalue weighted by Gasteiger charge is 2.39. The van der Waals surface area contributed by atoms with Gasteiger partial charge in [-0.25, -0.2) is 9.78 Å². The number of benzene rings is 2. The first-order valence-electron chi connectivity index (χ1n) is 9.40. The first-order valence-corrected chi connectivity index (χ1v) is 9.40. The molecule has 1 saturated heterocycles. The number of amides is 4. The molecule has 1 atom stereocenters. The fraction of sp³-hybridized carbons (Fsp3) is 0.238. The zero-order valence-corrected chi connectivity index (χ0v) is 16.6. The van der Waals surface area contributed by atoms with Gasteiger partial charge in [0, 0.05) is 12.7 Å². The highest BCUT2D eigenvalue weighted by atomic mass is 16.5. The molecule has 9 nitrogen and oxygen atoms in total. The number of hydrogen-bond acceptors (Lipinski definition) is 5. The number of nitrogens with zero attached hydrogens (tertiary/aromatic N) is 3. The van der Waals surface area contributed by atoms with Crippen LogP contribution in [-0.4, -0.2) is 45.4 Å². The van der Waals surface area contributed by atoms with Crippen LogP contribution in [0.4, 0.5) is 10.5 Å². The number of methoxy groups -OCH3 is 1. The SMILES string of the molecule is COc1ccc(CN2C(=O)NC(CC(=O)Nc3ccc4c(c3)ncn4C)C2=O)cc1. The maximum atomic E-state index is 12.6. The Hall–Kier alpha value is -3.88. The topological polar surface area (TPSA) is 106 Å². The van der Waals surface area contributed by atoms with Crippen LogP contribution in [-0.2, 0) is 23.2 Å². The Morgan fingerprint density at radius 2 is 1.97 bits per heavy atom. The lowest BCUT2D eigenvalue weighted by molar-refractivity contribution is -0.130. The number of carbonyl (C=O) groups excluding carboxylic acids is 3. The van der Waals surface area contributed by atoms with Crippen LogP contribution in [0.25, 0.3) is 11.0 Å². The smallest absolute Gasteiger partial charge is 0.325 e. The van der Waals surface area contributed by atoms with Gasteiger partial charge < -0.3 is 19.9 Å². The number of anilines is 1. The number of carbonyl (C=O) groups is 3. The van der Waals surface area contributed by atoms with Gasteiger partial charge in [0.1, 0.15) is 11.8 Å². The van der Waals surface area contributed by atoms with Gasteiger partial charge in [-0.05, 0) is 35.9 Å². The van der Waals surface area contributed by atoms with Crippen molar-refractivity contribution >= 4 is 34.6 Å². The number of nitrogens with one attached hydrogen (secondary N) is 2. The second kappa shape index (κ2) is 7.86. The number of hydrogen-bond donors (Lipinski definition) is 2. The number of aryl methyl sites for hydroxylation is 1. The van der Waals surface area contributed by atoms with Crippen LogP contribution >= 0.6 is 0 Å². The summed E-state index contributed by atoms with van der Waals surface area (Å²) in [5.74, 6) is -0.101. The number of rotatable bonds is 6. The van der Waals surface area contributed by atoms with Crippen LogP contribution in [0.1, 0.15) is 12.0 Å². The van der Waals surface area contributed by atoms with Crippen molar-refractivity contribution in [2.24, 2.45) is 7.05 Å². The van der Waals surface area contributed by atoms with Gasteiger partial charge in [0.2, 0.25) is 5.91 Å². The van der Waals surface area contributed by atoms with E-state index < -0.39 is 18.0 Å². The quantitative estimate of drug-likeness (QED) is 0.609. The first kappa shape index (κ1) is 19.4. The normalized spacial score (nSPS) is 16.1. The van der Waals surface area contributed by atoms with Crippen LogP contribution in [0.3, 0.4) is 0 Å². The minimum absolute atomic E-state index is 0.128. The molecule has 30 heavy (non-hydrogen) atoms. The molecule has 0 saturated carbocycles. The zero-order chi connectivity index (χ0) is 21.3. The summed E-state index contributed by atoms with van der Waals surface area (Å²) in [5.41, 5.74) is 3.07. The summed E-state index contributed by atoms with van der Waals surface area (Å²) in [7, 11) is 3.45. The lowest BCUT2D eigenvalue weighted by Crippen LogP contribution is -2.34. The summed E-state index contributed by atoms with van der Waals surface area (Å²) in [5, 5.41) is 5.34. The van der Waals surface area contributed by atoms with Gasteiger partial charge in [-0.1, -0.05) is 12.1 Å². The first-order chi connectivity index (χ1) is 14.4. The van der Waals surface area contributed by atoms with E-state index in [1.807, 2.05) is 17.7 Å². The zero-order valence-electron chi connectivity index (χ0n) is 16.6. The standard InChI is InChI=1S/C21H21N5O4/c1-25-12-22-16-9-14(5-8-18(16)25)23-19(27)10-17-20(28)26(21(29)24-17)11-13-3-6-15(30-2)7-4-13/h3-9,12,17H,10-11H2,1-2H3,(H,23,27)(H,24,29). The second-order valence-electron chi connectivity index (χ2n) is 7.09. The predicted molar refractivity (Wildman–Crippen MR) is 110 cm³/mol. The fourth-order valence-electron chi connectivity index (χ4n) is 3.39. The van der Waals surface area contributed by atoms with E-state index >= 15 is 0 Å². The van der Waals surface area contributed by atoms with Crippen molar-refractivity contribution in [3.8, 4) is 5.75 Å². The molecule has 4 rings (SSSR count). The van der Waals surface area contributed by atoms with Crippen molar-refractivity contribution in [3.05, 3.63) is 54.4 Å². The average molecular weight is 407 g/mol. The van der Waals surface area contributed by atoms with Crippen LogP contribution < -0.4 is 15.4 Å². The van der Waals surface area contributed by atoms with E-state index in [9.17, 15) is 14.4 Å². The number of urea groups is 1. The molecule has 0 aliphatic carbocycles. The van der Waals surface area contributed by atoms with Gasteiger partial charge >= 0.3 is 6.03 Å². The van der Waals surface area contributed by atoms with E-state index in [4.69, 9.17) is 4.74 Å². The van der Waals surface area contributed by atoms with Crippen molar-refractivity contribution < 1.29 is 19.1 Å². The lowest BCUT2D eigenvalue weighted by atomic mass is 10.1. The molecule has 154 valence electrons. The molecule has 2 heterocycles. The molecule has 2 aromatic carbocycles. The molecule has 1 unspecified atom stereocenters. The molecule has 3 aromatic rings. The van der Waals surface area contributed by atoms with Gasteiger partial charge in [-0.2, -0.15) is 0 Å². The third-order valence-electron chi connectivity index (χ3n) is 5.01. The van der Waals surface area contributed by atoms with E-state index in [1.54, 1.807) is 49.8 Å².